The van der Waals surface area contributed by atoms with Gasteiger partial charge < -0.3 is 9.80 Å². The molecule has 0 saturated carbocycles. The van der Waals surface area contributed by atoms with Crippen LogP contribution in [0.1, 0.15) is 20.3 Å². The first kappa shape index (κ1) is 11.3. The summed E-state index contributed by atoms with van der Waals surface area (Å²) in [6.45, 7) is 10.3. The number of hydrogen-bond donors (Lipinski definition) is 0. The summed E-state index contributed by atoms with van der Waals surface area (Å²) in [6.07, 6.45) is 9.88. The molecule has 0 atom stereocenters. The van der Waals surface area contributed by atoms with Crippen LogP contribution in [-0.2, 0) is 0 Å². The summed E-state index contributed by atoms with van der Waals surface area (Å²) < 4.78 is 0. The van der Waals surface area contributed by atoms with E-state index in [1.54, 1.807) is 0 Å². The minimum atomic E-state index is 1.08. The van der Waals surface area contributed by atoms with E-state index >= 15 is 0 Å². The van der Waals surface area contributed by atoms with Gasteiger partial charge in [0.25, 0.3) is 0 Å². The SMILES string of the molecule is CCN(CC)CCCN1C=CC=CC1. The molecule has 2 nitrogen and oxygen atoms in total. The predicted octanol–water partition coefficient (Wildman–Crippen LogP) is 2.10. The van der Waals surface area contributed by atoms with E-state index in [1.165, 1.54) is 32.6 Å². The maximum absolute atomic E-state index is 2.48. The van der Waals surface area contributed by atoms with Crippen LogP contribution in [0.5, 0.6) is 0 Å². The Labute approximate surface area is 87.9 Å². The first-order chi connectivity index (χ1) is 6.86. The molecule has 1 aliphatic heterocycles. The molecule has 0 spiro atoms. The summed E-state index contributed by atoms with van der Waals surface area (Å²) >= 11 is 0. The highest BCUT2D eigenvalue weighted by Gasteiger charge is 2.01. The molecule has 0 aromatic rings. The molecular weight excluding hydrogens is 172 g/mol. The van der Waals surface area contributed by atoms with E-state index in [0.717, 1.165) is 6.54 Å². The molecule has 1 rings (SSSR count). The summed E-state index contributed by atoms with van der Waals surface area (Å²) in [6, 6.07) is 0. The fourth-order valence-electron chi connectivity index (χ4n) is 1.71. The average molecular weight is 194 g/mol. The van der Waals surface area contributed by atoms with E-state index in [-0.39, 0.29) is 0 Å². The lowest BCUT2D eigenvalue weighted by molar-refractivity contribution is 0.279. The molecule has 0 aromatic heterocycles. The number of nitrogens with zero attached hydrogens (tertiary/aromatic N) is 2. The molecule has 0 amide bonds. The molecule has 0 aliphatic carbocycles. The van der Waals surface area contributed by atoms with E-state index in [4.69, 9.17) is 0 Å². The first-order valence-electron chi connectivity index (χ1n) is 5.66. The van der Waals surface area contributed by atoms with Crippen LogP contribution >= 0.6 is 0 Å². The number of hydrogen-bond acceptors (Lipinski definition) is 2. The highest BCUT2D eigenvalue weighted by Crippen LogP contribution is 2.00. The van der Waals surface area contributed by atoms with Crippen LogP contribution in [0.3, 0.4) is 0 Å². The zero-order chi connectivity index (χ0) is 10.2. The van der Waals surface area contributed by atoms with Crippen molar-refractivity contribution in [2.45, 2.75) is 20.3 Å². The monoisotopic (exact) mass is 194 g/mol. The largest absolute Gasteiger partial charge is 0.374 e. The molecule has 2 heteroatoms. The van der Waals surface area contributed by atoms with E-state index in [1.807, 2.05) is 0 Å². The molecule has 0 bridgehead atoms. The van der Waals surface area contributed by atoms with Gasteiger partial charge in [-0.3, -0.25) is 0 Å². The minimum absolute atomic E-state index is 1.08. The van der Waals surface area contributed by atoms with Crippen LogP contribution in [0.15, 0.2) is 24.4 Å². The second kappa shape index (κ2) is 6.66. The Morgan fingerprint density at radius 1 is 1.21 bits per heavy atom. The lowest BCUT2D eigenvalue weighted by Gasteiger charge is -2.23. The van der Waals surface area contributed by atoms with Crippen molar-refractivity contribution < 1.29 is 0 Å². The maximum atomic E-state index is 2.48. The molecular formula is C12H22N2. The highest BCUT2D eigenvalue weighted by molar-refractivity contribution is 5.08. The van der Waals surface area contributed by atoms with Crippen LogP contribution in [0.25, 0.3) is 0 Å². The van der Waals surface area contributed by atoms with Crippen LogP contribution in [0.2, 0.25) is 0 Å². The number of allylic oxidation sites excluding steroid dienone is 2. The average Bonchev–Trinajstić information content (AvgIpc) is 2.26. The Hall–Kier alpha value is -0.760. The zero-order valence-corrected chi connectivity index (χ0v) is 9.45. The molecule has 1 aliphatic rings. The normalized spacial score (nSPS) is 15.5. The summed E-state index contributed by atoms with van der Waals surface area (Å²) in [5, 5.41) is 0. The van der Waals surface area contributed by atoms with Crippen LogP contribution < -0.4 is 0 Å². The van der Waals surface area contributed by atoms with Gasteiger partial charge in [0.1, 0.15) is 0 Å². The van der Waals surface area contributed by atoms with E-state index < -0.39 is 0 Å². The lowest BCUT2D eigenvalue weighted by Crippen LogP contribution is -2.28. The van der Waals surface area contributed by atoms with Gasteiger partial charge >= 0.3 is 0 Å². The van der Waals surface area contributed by atoms with Gasteiger partial charge in [-0.15, -0.1) is 0 Å². The van der Waals surface area contributed by atoms with Crippen LogP contribution in [0, 0.1) is 0 Å². The quantitative estimate of drug-likeness (QED) is 0.639. The third-order valence-corrected chi connectivity index (χ3v) is 2.70. The molecule has 0 fully saturated rings. The van der Waals surface area contributed by atoms with Crippen molar-refractivity contribution >= 4 is 0 Å². The Bertz CT molecular complexity index is 192. The fourth-order valence-corrected chi connectivity index (χ4v) is 1.71. The van der Waals surface area contributed by atoms with Gasteiger partial charge in [0.05, 0.1) is 0 Å². The second-order valence-electron chi connectivity index (χ2n) is 3.65. The van der Waals surface area contributed by atoms with Gasteiger partial charge in [-0.05, 0) is 38.3 Å². The fraction of sp³-hybridized carbons (Fsp3) is 0.667. The van der Waals surface area contributed by atoms with Crippen molar-refractivity contribution in [1.82, 2.24) is 9.80 Å². The second-order valence-corrected chi connectivity index (χ2v) is 3.65. The third-order valence-electron chi connectivity index (χ3n) is 2.70. The smallest absolute Gasteiger partial charge is 0.0357 e. The van der Waals surface area contributed by atoms with Gasteiger partial charge in [-0.2, -0.15) is 0 Å². The third kappa shape index (κ3) is 3.97. The molecule has 0 aromatic carbocycles. The highest BCUT2D eigenvalue weighted by atomic mass is 15.1. The van der Waals surface area contributed by atoms with E-state index in [0.29, 0.717) is 0 Å². The molecule has 0 saturated heterocycles. The summed E-state index contributed by atoms with van der Waals surface area (Å²) in [7, 11) is 0. The van der Waals surface area contributed by atoms with Gasteiger partial charge in [0.15, 0.2) is 0 Å². The Balaban J connectivity index is 2.08. The Kier molecular flexibility index (Phi) is 5.38. The van der Waals surface area contributed by atoms with Gasteiger partial charge in [0.2, 0.25) is 0 Å². The van der Waals surface area contributed by atoms with Crippen molar-refractivity contribution in [3.05, 3.63) is 24.4 Å². The van der Waals surface area contributed by atoms with Crippen molar-refractivity contribution in [2.24, 2.45) is 0 Å². The predicted molar refractivity (Wildman–Crippen MR) is 62.3 cm³/mol. The van der Waals surface area contributed by atoms with Crippen molar-refractivity contribution in [2.75, 3.05) is 32.7 Å². The molecule has 0 unspecified atom stereocenters. The summed E-state index contributed by atoms with van der Waals surface area (Å²) in [4.78, 5) is 4.84. The van der Waals surface area contributed by atoms with E-state index in [9.17, 15) is 0 Å². The van der Waals surface area contributed by atoms with Gasteiger partial charge in [-0.1, -0.05) is 26.0 Å². The maximum Gasteiger partial charge on any atom is 0.0357 e. The summed E-state index contributed by atoms with van der Waals surface area (Å²) in [5.41, 5.74) is 0. The number of rotatable bonds is 6. The first-order valence-corrected chi connectivity index (χ1v) is 5.66. The van der Waals surface area contributed by atoms with Crippen molar-refractivity contribution in [1.29, 1.82) is 0 Å². The lowest BCUT2D eigenvalue weighted by atomic mass is 10.3. The molecule has 0 radical (unpaired) electrons. The van der Waals surface area contributed by atoms with Crippen molar-refractivity contribution in [3.63, 3.8) is 0 Å². The van der Waals surface area contributed by atoms with Crippen LogP contribution in [-0.4, -0.2) is 42.5 Å². The zero-order valence-electron chi connectivity index (χ0n) is 9.45. The van der Waals surface area contributed by atoms with E-state index in [2.05, 4.69) is 48.1 Å². The Morgan fingerprint density at radius 2 is 2.00 bits per heavy atom. The minimum Gasteiger partial charge on any atom is -0.374 e. The molecule has 1 heterocycles. The summed E-state index contributed by atoms with van der Waals surface area (Å²) in [5.74, 6) is 0. The standard InChI is InChI=1S/C12H22N2/c1-3-13(4-2)11-8-12-14-9-6-5-7-10-14/h5-7,9H,3-4,8,10-12H2,1-2H3. The van der Waals surface area contributed by atoms with Crippen molar-refractivity contribution in [3.8, 4) is 0 Å². The van der Waals surface area contributed by atoms with Gasteiger partial charge in [-0.25, -0.2) is 0 Å². The molecule has 14 heavy (non-hydrogen) atoms. The topological polar surface area (TPSA) is 6.48 Å². The Morgan fingerprint density at radius 3 is 2.57 bits per heavy atom. The molecule has 0 N–H and O–H groups in total. The molecule has 80 valence electrons. The van der Waals surface area contributed by atoms with Crippen LogP contribution in [0.4, 0.5) is 0 Å². The van der Waals surface area contributed by atoms with Gasteiger partial charge in [0, 0.05) is 13.1 Å².